The molecule has 7 heteroatoms. The van der Waals surface area contributed by atoms with Crippen molar-refractivity contribution in [3.63, 3.8) is 0 Å². The molecule has 1 aliphatic heterocycles. The molecule has 0 radical (unpaired) electrons. The molecule has 1 amide bonds. The van der Waals surface area contributed by atoms with Crippen LogP contribution in [0.4, 0.5) is 5.69 Å². The van der Waals surface area contributed by atoms with Crippen molar-refractivity contribution in [3.8, 4) is 0 Å². The van der Waals surface area contributed by atoms with Gasteiger partial charge in [0.15, 0.2) is 0 Å². The second-order valence-electron chi connectivity index (χ2n) is 5.65. The average Bonchev–Trinajstić information content (AvgIpc) is 3.02. The number of sulfonamides is 1. The van der Waals surface area contributed by atoms with Crippen molar-refractivity contribution < 1.29 is 13.2 Å². The highest BCUT2D eigenvalue weighted by atomic mass is 32.2. The summed E-state index contributed by atoms with van der Waals surface area (Å²) in [5.41, 5.74) is 1.72. The first kappa shape index (κ1) is 16.6. The maximum absolute atomic E-state index is 12.3. The summed E-state index contributed by atoms with van der Waals surface area (Å²) in [5, 5.41) is 0. The monoisotopic (exact) mass is 345 g/mol. The fraction of sp³-hybridized carbons (Fsp3) is 0.294. The number of pyridine rings is 1. The lowest BCUT2D eigenvalue weighted by molar-refractivity contribution is -0.117. The third kappa shape index (κ3) is 3.80. The lowest BCUT2D eigenvalue weighted by Crippen LogP contribution is -2.26. The van der Waals surface area contributed by atoms with E-state index < -0.39 is 10.0 Å². The first-order chi connectivity index (χ1) is 11.6. The Kier molecular flexibility index (Phi) is 4.92. The fourth-order valence-electron chi connectivity index (χ4n) is 2.69. The highest BCUT2D eigenvalue weighted by Crippen LogP contribution is 2.22. The van der Waals surface area contributed by atoms with Crippen LogP contribution in [0.3, 0.4) is 0 Å². The van der Waals surface area contributed by atoms with Crippen LogP contribution in [0.25, 0.3) is 0 Å². The van der Waals surface area contributed by atoms with Gasteiger partial charge in [-0.2, -0.15) is 0 Å². The molecule has 0 unspecified atom stereocenters. The Morgan fingerprint density at radius 1 is 1.17 bits per heavy atom. The summed E-state index contributed by atoms with van der Waals surface area (Å²) < 4.78 is 27.2. The number of carbonyl (C=O) groups excluding carboxylic acids is 1. The van der Waals surface area contributed by atoms with E-state index in [2.05, 4.69) is 9.71 Å². The van der Waals surface area contributed by atoms with Gasteiger partial charge in [-0.3, -0.25) is 9.78 Å². The topological polar surface area (TPSA) is 79.4 Å². The first-order valence-electron chi connectivity index (χ1n) is 7.85. The summed E-state index contributed by atoms with van der Waals surface area (Å²) in [7, 11) is -3.56. The average molecular weight is 345 g/mol. The number of anilines is 1. The van der Waals surface area contributed by atoms with Crippen molar-refractivity contribution in [2.45, 2.75) is 24.2 Å². The Hall–Kier alpha value is -2.25. The molecule has 0 aliphatic carbocycles. The molecule has 1 aliphatic rings. The predicted molar refractivity (Wildman–Crippen MR) is 91.2 cm³/mol. The molecule has 1 aromatic heterocycles. The van der Waals surface area contributed by atoms with Gasteiger partial charge in [-0.1, -0.05) is 6.07 Å². The van der Waals surface area contributed by atoms with Crippen LogP contribution < -0.4 is 9.62 Å². The largest absolute Gasteiger partial charge is 0.312 e. The van der Waals surface area contributed by atoms with Crippen LogP contribution in [0.2, 0.25) is 0 Å². The zero-order valence-electron chi connectivity index (χ0n) is 13.2. The Morgan fingerprint density at radius 2 is 1.96 bits per heavy atom. The van der Waals surface area contributed by atoms with Crippen LogP contribution in [0.5, 0.6) is 0 Å². The van der Waals surface area contributed by atoms with Gasteiger partial charge in [0.25, 0.3) is 0 Å². The van der Waals surface area contributed by atoms with E-state index in [1.165, 1.54) is 12.1 Å². The summed E-state index contributed by atoms with van der Waals surface area (Å²) in [5.74, 6) is 0.0835. The van der Waals surface area contributed by atoms with E-state index in [4.69, 9.17) is 0 Å². The number of hydrogen-bond acceptors (Lipinski definition) is 4. The number of nitrogens with zero attached hydrogens (tertiary/aromatic N) is 2. The molecule has 1 fully saturated rings. The smallest absolute Gasteiger partial charge is 0.240 e. The molecule has 2 aromatic rings. The predicted octanol–water partition coefficient (Wildman–Crippen LogP) is 1.73. The van der Waals surface area contributed by atoms with Crippen LogP contribution >= 0.6 is 0 Å². The van der Waals surface area contributed by atoms with E-state index >= 15 is 0 Å². The molecular formula is C17H19N3O3S. The lowest BCUT2D eigenvalue weighted by atomic mass is 10.2. The molecule has 0 bridgehead atoms. The molecule has 0 atom stereocenters. The van der Waals surface area contributed by atoms with Gasteiger partial charge < -0.3 is 4.90 Å². The lowest BCUT2D eigenvalue weighted by Gasteiger charge is -2.16. The third-order valence-corrected chi connectivity index (χ3v) is 5.44. The van der Waals surface area contributed by atoms with Crippen LogP contribution in [0.1, 0.15) is 18.4 Å². The number of hydrogen-bond donors (Lipinski definition) is 1. The minimum atomic E-state index is -3.56. The van der Waals surface area contributed by atoms with E-state index in [1.54, 1.807) is 29.4 Å². The molecule has 0 spiro atoms. The van der Waals surface area contributed by atoms with Gasteiger partial charge in [-0.05, 0) is 48.7 Å². The summed E-state index contributed by atoms with van der Waals surface area (Å²) in [4.78, 5) is 17.6. The van der Waals surface area contributed by atoms with Gasteiger partial charge in [-0.15, -0.1) is 0 Å². The number of amides is 1. The van der Waals surface area contributed by atoms with Gasteiger partial charge in [-0.25, -0.2) is 13.1 Å². The maximum atomic E-state index is 12.3. The Morgan fingerprint density at radius 3 is 2.58 bits per heavy atom. The summed E-state index contributed by atoms with van der Waals surface area (Å²) in [6.07, 6.45) is 5.37. The van der Waals surface area contributed by atoms with Crippen molar-refractivity contribution in [3.05, 3.63) is 54.4 Å². The molecule has 1 N–H and O–H groups in total. The normalized spacial score (nSPS) is 15.0. The Balaban J connectivity index is 1.63. The zero-order chi connectivity index (χ0) is 17.0. The second kappa shape index (κ2) is 7.11. The van der Waals surface area contributed by atoms with Gasteiger partial charge in [0.2, 0.25) is 15.9 Å². The number of benzene rings is 1. The van der Waals surface area contributed by atoms with Crippen LogP contribution in [0, 0.1) is 0 Å². The molecule has 1 saturated heterocycles. The van der Waals surface area contributed by atoms with Gasteiger partial charge in [0.1, 0.15) is 0 Å². The molecule has 1 aromatic carbocycles. The minimum absolute atomic E-state index is 0.0835. The van der Waals surface area contributed by atoms with Crippen LogP contribution in [0.15, 0.2) is 53.7 Å². The summed E-state index contributed by atoms with van der Waals surface area (Å²) in [6, 6.07) is 10.2. The van der Waals surface area contributed by atoms with Crippen molar-refractivity contribution in [1.82, 2.24) is 9.71 Å². The highest BCUT2D eigenvalue weighted by Gasteiger charge is 2.22. The molecule has 2 heterocycles. The highest BCUT2D eigenvalue weighted by molar-refractivity contribution is 7.89. The fourth-order valence-corrected chi connectivity index (χ4v) is 3.72. The van der Waals surface area contributed by atoms with Gasteiger partial charge in [0.05, 0.1) is 4.90 Å². The van der Waals surface area contributed by atoms with Crippen LogP contribution in [-0.2, 0) is 21.2 Å². The number of nitrogens with one attached hydrogen (secondary N) is 1. The van der Waals surface area contributed by atoms with Crippen molar-refractivity contribution >= 4 is 21.6 Å². The molecule has 3 rings (SSSR count). The van der Waals surface area contributed by atoms with E-state index in [0.29, 0.717) is 25.9 Å². The Labute approximate surface area is 141 Å². The molecule has 0 saturated carbocycles. The second-order valence-corrected chi connectivity index (χ2v) is 7.42. The number of aromatic nitrogens is 1. The molecular weight excluding hydrogens is 326 g/mol. The summed E-state index contributed by atoms with van der Waals surface area (Å²) >= 11 is 0. The first-order valence-corrected chi connectivity index (χ1v) is 9.33. The summed E-state index contributed by atoms with van der Waals surface area (Å²) in [6.45, 7) is 0.995. The standard InChI is InChI=1S/C17H19N3O3S/c21-17-4-2-12-20(17)15-5-7-16(8-6-15)24(22,23)19-11-9-14-3-1-10-18-13-14/h1,3,5-8,10,13,19H,2,4,9,11-12H2. The quantitative estimate of drug-likeness (QED) is 0.865. The molecule has 6 nitrogen and oxygen atoms in total. The van der Waals surface area contributed by atoms with E-state index in [0.717, 1.165) is 17.7 Å². The van der Waals surface area contributed by atoms with Crippen molar-refractivity contribution in [1.29, 1.82) is 0 Å². The SMILES string of the molecule is O=C1CCCN1c1ccc(S(=O)(=O)NCCc2cccnc2)cc1. The van der Waals surface area contributed by atoms with Gasteiger partial charge in [0, 0.05) is 37.6 Å². The maximum Gasteiger partial charge on any atom is 0.240 e. The van der Waals surface area contributed by atoms with E-state index in [9.17, 15) is 13.2 Å². The van der Waals surface area contributed by atoms with Crippen molar-refractivity contribution in [2.75, 3.05) is 18.0 Å². The Bertz CT molecular complexity index is 805. The van der Waals surface area contributed by atoms with Crippen LogP contribution in [-0.4, -0.2) is 32.4 Å². The van der Waals surface area contributed by atoms with E-state index in [-0.39, 0.29) is 10.8 Å². The van der Waals surface area contributed by atoms with Gasteiger partial charge >= 0.3 is 0 Å². The van der Waals surface area contributed by atoms with E-state index in [1.807, 2.05) is 12.1 Å². The molecule has 24 heavy (non-hydrogen) atoms. The number of carbonyl (C=O) groups is 1. The zero-order valence-corrected chi connectivity index (χ0v) is 14.0. The molecule has 126 valence electrons. The van der Waals surface area contributed by atoms with Crippen molar-refractivity contribution in [2.24, 2.45) is 0 Å². The minimum Gasteiger partial charge on any atom is -0.312 e. The number of rotatable bonds is 6. The third-order valence-electron chi connectivity index (χ3n) is 3.96.